The molecule has 0 spiro atoms. The number of nitrogens with two attached hydrogens (primary N) is 1. The quantitative estimate of drug-likeness (QED) is 0.673. The molecule has 0 aliphatic carbocycles. The Bertz CT molecular complexity index is 1080. The summed E-state index contributed by atoms with van der Waals surface area (Å²) in [6, 6.07) is 5.65. The first-order valence-corrected chi connectivity index (χ1v) is 8.39. The summed E-state index contributed by atoms with van der Waals surface area (Å²) in [6.07, 6.45) is 5.69. The molecule has 0 atom stereocenters. The second-order valence-corrected chi connectivity index (χ2v) is 5.98. The Labute approximate surface area is 156 Å². The SMILES string of the molecule is C=CCN(c1cc2c(ncn2C)c(C(N)=O)n1)c1cnc(C#N)cc1CC. The van der Waals surface area contributed by atoms with Crippen LogP contribution in [0, 0.1) is 11.3 Å². The molecule has 3 rings (SSSR count). The monoisotopic (exact) mass is 361 g/mol. The maximum Gasteiger partial charge on any atom is 0.269 e. The molecule has 1 amide bonds. The average Bonchev–Trinajstić information content (AvgIpc) is 3.05. The van der Waals surface area contributed by atoms with Crippen LogP contribution in [-0.4, -0.2) is 32.0 Å². The summed E-state index contributed by atoms with van der Waals surface area (Å²) in [5, 5.41) is 9.11. The molecule has 136 valence electrons. The van der Waals surface area contributed by atoms with Crippen LogP contribution in [0.3, 0.4) is 0 Å². The fraction of sp³-hybridized carbons (Fsp3) is 0.211. The fourth-order valence-corrected chi connectivity index (χ4v) is 2.95. The number of rotatable bonds is 6. The molecular weight excluding hydrogens is 342 g/mol. The summed E-state index contributed by atoms with van der Waals surface area (Å²) < 4.78 is 1.80. The lowest BCUT2D eigenvalue weighted by Crippen LogP contribution is -2.22. The van der Waals surface area contributed by atoms with E-state index in [2.05, 4.69) is 27.6 Å². The minimum Gasteiger partial charge on any atom is -0.364 e. The normalized spacial score (nSPS) is 10.6. The first-order valence-electron chi connectivity index (χ1n) is 8.39. The molecular formula is C19H19N7O. The third-order valence-corrected chi connectivity index (χ3v) is 4.27. The lowest BCUT2D eigenvalue weighted by atomic mass is 10.1. The van der Waals surface area contributed by atoms with Gasteiger partial charge < -0.3 is 15.2 Å². The van der Waals surface area contributed by atoms with Gasteiger partial charge in [-0.1, -0.05) is 13.0 Å². The van der Waals surface area contributed by atoms with Crippen LogP contribution in [0.2, 0.25) is 0 Å². The fourth-order valence-electron chi connectivity index (χ4n) is 2.95. The van der Waals surface area contributed by atoms with Gasteiger partial charge in [0.1, 0.15) is 23.1 Å². The number of nitriles is 1. The average molecular weight is 361 g/mol. The van der Waals surface area contributed by atoms with Gasteiger partial charge in [0.25, 0.3) is 5.91 Å². The maximum absolute atomic E-state index is 11.9. The molecule has 0 radical (unpaired) electrons. The van der Waals surface area contributed by atoms with Crippen molar-refractivity contribution in [2.75, 3.05) is 11.4 Å². The van der Waals surface area contributed by atoms with Gasteiger partial charge >= 0.3 is 0 Å². The van der Waals surface area contributed by atoms with E-state index >= 15 is 0 Å². The van der Waals surface area contributed by atoms with Gasteiger partial charge in [0.15, 0.2) is 5.69 Å². The number of nitrogens with zero attached hydrogens (tertiary/aromatic N) is 6. The van der Waals surface area contributed by atoms with Gasteiger partial charge in [-0.2, -0.15) is 5.26 Å². The Morgan fingerprint density at radius 3 is 2.85 bits per heavy atom. The summed E-state index contributed by atoms with van der Waals surface area (Å²) >= 11 is 0. The van der Waals surface area contributed by atoms with Crippen LogP contribution in [0.25, 0.3) is 11.0 Å². The van der Waals surface area contributed by atoms with E-state index in [0.717, 1.165) is 16.8 Å². The van der Waals surface area contributed by atoms with Crippen molar-refractivity contribution in [2.45, 2.75) is 13.3 Å². The van der Waals surface area contributed by atoms with E-state index in [1.165, 1.54) is 0 Å². The van der Waals surface area contributed by atoms with Crippen molar-refractivity contribution in [1.29, 1.82) is 5.26 Å². The molecule has 0 fully saturated rings. The van der Waals surface area contributed by atoms with Crippen LogP contribution in [0.1, 0.15) is 28.7 Å². The van der Waals surface area contributed by atoms with Crippen LogP contribution in [-0.2, 0) is 13.5 Å². The highest BCUT2D eigenvalue weighted by atomic mass is 16.1. The first kappa shape index (κ1) is 18.1. The Kier molecular flexibility index (Phi) is 4.86. The zero-order chi connectivity index (χ0) is 19.6. The van der Waals surface area contributed by atoms with E-state index < -0.39 is 5.91 Å². The van der Waals surface area contributed by atoms with Crippen molar-refractivity contribution < 1.29 is 4.79 Å². The number of carbonyl (C=O) groups excluding carboxylic acids is 1. The molecule has 3 heterocycles. The minimum absolute atomic E-state index is 0.108. The molecule has 0 aliphatic heterocycles. The minimum atomic E-state index is -0.646. The van der Waals surface area contributed by atoms with E-state index in [9.17, 15) is 4.79 Å². The molecule has 8 heteroatoms. The number of aryl methyl sites for hydroxylation is 2. The van der Waals surface area contributed by atoms with Crippen LogP contribution in [0.15, 0.2) is 37.3 Å². The highest BCUT2D eigenvalue weighted by Crippen LogP contribution is 2.30. The lowest BCUT2D eigenvalue weighted by Gasteiger charge is -2.25. The molecule has 2 N–H and O–H groups in total. The number of imidazole rings is 1. The molecule has 8 nitrogen and oxygen atoms in total. The Hall–Kier alpha value is -3.73. The molecule has 3 aromatic heterocycles. The van der Waals surface area contributed by atoms with Gasteiger partial charge in [-0.25, -0.2) is 15.0 Å². The zero-order valence-corrected chi connectivity index (χ0v) is 15.2. The number of amides is 1. The Morgan fingerprint density at radius 1 is 1.44 bits per heavy atom. The van der Waals surface area contributed by atoms with E-state index in [1.54, 1.807) is 29.2 Å². The number of fused-ring (bicyclic) bond motifs is 1. The predicted molar refractivity (Wildman–Crippen MR) is 103 cm³/mol. The highest BCUT2D eigenvalue weighted by molar-refractivity contribution is 6.03. The van der Waals surface area contributed by atoms with Gasteiger partial charge in [-0.15, -0.1) is 6.58 Å². The van der Waals surface area contributed by atoms with Crippen molar-refractivity contribution in [3.8, 4) is 6.07 Å². The van der Waals surface area contributed by atoms with Crippen LogP contribution >= 0.6 is 0 Å². The van der Waals surface area contributed by atoms with E-state index in [4.69, 9.17) is 11.0 Å². The second-order valence-electron chi connectivity index (χ2n) is 5.98. The van der Waals surface area contributed by atoms with Gasteiger partial charge in [0, 0.05) is 19.7 Å². The number of anilines is 2. The summed E-state index contributed by atoms with van der Waals surface area (Å²) in [5.41, 5.74) is 8.92. The molecule has 0 aliphatic rings. The topological polar surface area (TPSA) is 114 Å². The van der Waals surface area contributed by atoms with Gasteiger partial charge in [0.2, 0.25) is 0 Å². The highest BCUT2D eigenvalue weighted by Gasteiger charge is 2.20. The third-order valence-electron chi connectivity index (χ3n) is 4.27. The van der Waals surface area contributed by atoms with Crippen LogP contribution in [0.5, 0.6) is 0 Å². The summed E-state index contributed by atoms with van der Waals surface area (Å²) in [4.78, 5) is 26.7. The largest absolute Gasteiger partial charge is 0.364 e. The molecule has 0 aromatic carbocycles. The number of hydrogen-bond acceptors (Lipinski definition) is 6. The van der Waals surface area contributed by atoms with Gasteiger partial charge in [-0.3, -0.25) is 4.79 Å². The van der Waals surface area contributed by atoms with Crippen molar-refractivity contribution in [3.05, 3.63) is 54.3 Å². The predicted octanol–water partition coefficient (Wildman–Crippen LogP) is 2.22. The Morgan fingerprint density at radius 2 is 2.22 bits per heavy atom. The molecule has 0 saturated carbocycles. The lowest BCUT2D eigenvalue weighted by molar-refractivity contribution is 0.0997. The summed E-state index contributed by atoms with van der Waals surface area (Å²) in [7, 11) is 1.84. The van der Waals surface area contributed by atoms with Crippen LogP contribution in [0.4, 0.5) is 11.5 Å². The molecule has 0 bridgehead atoms. The van der Waals surface area contributed by atoms with Gasteiger partial charge in [0.05, 0.1) is 23.7 Å². The van der Waals surface area contributed by atoms with Crippen molar-refractivity contribution in [3.63, 3.8) is 0 Å². The Balaban J connectivity index is 2.25. The number of aromatic nitrogens is 4. The van der Waals surface area contributed by atoms with Crippen molar-refractivity contribution in [2.24, 2.45) is 12.8 Å². The summed E-state index contributed by atoms with van der Waals surface area (Å²) in [6.45, 7) is 6.26. The molecule has 3 aromatic rings. The van der Waals surface area contributed by atoms with E-state index in [0.29, 0.717) is 30.0 Å². The van der Waals surface area contributed by atoms with Crippen molar-refractivity contribution >= 4 is 28.4 Å². The second kappa shape index (κ2) is 7.25. The first-order chi connectivity index (χ1) is 13.0. The van der Waals surface area contributed by atoms with Crippen LogP contribution < -0.4 is 10.6 Å². The van der Waals surface area contributed by atoms with Crippen molar-refractivity contribution in [1.82, 2.24) is 19.5 Å². The number of pyridine rings is 2. The number of carbonyl (C=O) groups is 1. The maximum atomic E-state index is 11.9. The molecule has 0 unspecified atom stereocenters. The zero-order valence-electron chi connectivity index (χ0n) is 15.2. The standard InChI is InChI=1S/C19H19N7O/c1-4-6-26(15-10-22-13(9-20)7-12(15)5-2)16-8-14-17(23-11-25(14)3)18(24-16)19(21)27/h4,7-8,10-11H,1,5-6H2,2-3H3,(H2,21,27). The summed E-state index contributed by atoms with van der Waals surface area (Å²) in [5.74, 6) is -0.117. The number of hydrogen-bond donors (Lipinski definition) is 1. The number of primary amides is 1. The molecule has 27 heavy (non-hydrogen) atoms. The third kappa shape index (κ3) is 3.22. The van der Waals surface area contributed by atoms with E-state index in [1.807, 2.05) is 24.9 Å². The molecule has 0 saturated heterocycles. The van der Waals surface area contributed by atoms with Gasteiger partial charge in [-0.05, 0) is 18.1 Å². The van der Waals surface area contributed by atoms with E-state index in [-0.39, 0.29) is 5.69 Å². The smallest absolute Gasteiger partial charge is 0.269 e.